The summed E-state index contributed by atoms with van der Waals surface area (Å²) in [5.74, 6) is -1.17. The molecule has 0 bridgehead atoms. The van der Waals surface area contributed by atoms with Crippen LogP contribution in [0, 0.1) is 11.6 Å². The highest BCUT2D eigenvalue weighted by atomic mass is 19.2. The highest BCUT2D eigenvalue weighted by Gasteiger charge is 2.30. The lowest BCUT2D eigenvalue weighted by molar-refractivity contribution is 0.0140. The van der Waals surface area contributed by atoms with Gasteiger partial charge in [-0.15, -0.1) is 0 Å². The van der Waals surface area contributed by atoms with Crippen LogP contribution < -0.4 is 10.1 Å². The van der Waals surface area contributed by atoms with Crippen LogP contribution in [0.15, 0.2) is 42.5 Å². The van der Waals surface area contributed by atoms with Crippen LogP contribution in [0.2, 0.25) is 0 Å². The summed E-state index contributed by atoms with van der Waals surface area (Å²) in [7, 11) is 0. The number of halogens is 2. The third-order valence-electron chi connectivity index (χ3n) is 4.65. The van der Waals surface area contributed by atoms with Crippen molar-refractivity contribution in [2.75, 3.05) is 13.1 Å². The molecule has 1 amide bonds. The van der Waals surface area contributed by atoms with Gasteiger partial charge < -0.3 is 10.1 Å². The van der Waals surface area contributed by atoms with Crippen molar-refractivity contribution in [1.82, 2.24) is 10.2 Å². The Morgan fingerprint density at radius 2 is 1.88 bits per heavy atom. The molecule has 26 heavy (non-hydrogen) atoms. The van der Waals surface area contributed by atoms with Gasteiger partial charge in [-0.25, -0.2) is 8.78 Å². The van der Waals surface area contributed by atoms with E-state index in [-0.39, 0.29) is 12.0 Å². The van der Waals surface area contributed by atoms with Gasteiger partial charge in [0.25, 0.3) is 5.91 Å². The molecule has 0 atom stereocenters. The number of nitrogens with zero attached hydrogens (tertiary/aromatic N) is 1. The van der Waals surface area contributed by atoms with Gasteiger partial charge in [0.1, 0.15) is 11.9 Å². The molecule has 2 aliphatic rings. The number of amides is 1. The van der Waals surface area contributed by atoms with Crippen LogP contribution in [0.5, 0.6) is 5.75 Å². The van der Waals surface area contributed by atoms with Crippen molar-refractivity contribution in [2.45, 2.75) is 31.5 Å². The van der Waals surface area contributed by atoms with Gasteiger partial charge in [-0.3, -0.25) is 9.69 Å². The topological polar surface area (TPSA) is 41.6 Å². The molecule has 2 fully saturated rings. The standard InChI is InChI=1S/C20H20F2N2O2/c21-17-8-5-13(9-18(17)22)10-24-11-15(12-24)26-19-4-2-1-3-16(19)20(25)23-14-6-7-14/h1-5,8-9,14-15H,6-7,10-12H2,(H,23,25). The number of hydrogen-bond acceptors (Lipinski definition) is 3. The van der Waals surface area contributed by atoms with E-state index in [2.05, 4.69) is 10.2 Å². The maximum absolute atomic E-state index is 13.3. The van der Waals surface area contributed by atoms with E-state index in [9.17, 15) is 13.6 Å². The summed E-state index contributed by atoms with van der Waals surface area (Å²) < 4.78 is 32.2. The molecule has 6 heteroatoms. The average Bonchev–Trinajstić information content (AvgIpc) is 3.40. The van der Waals surface area contributed by atoms with E-state index in [4.69, 9.17) is 4.74 Å². The van der Waals surface area contributed by atoms with Gasteiger partial charge in [-0.2, -0.15) is 0 Å². The molecule has 2 aromatic carbocycles. The molecule has 4 nitrogen and oxygen atoms in total. The first-order valence-electron chi connectivity index (χ1n) is 8.81. The summed E-state index contributed by atoms with van der Waals surface area (Å²) in [6.07, 6.45) is 2.06. The molecule has 1 aliphatic carbocycles. The molecule has 136 valence electrons. The second-order valence-corrected chi connectivity index (χ2v) is 6.93. The summed E-state index contributed by atoms with van der Waals surface area (Å²) >= 11 is 0. The van der Waals surface area contributed by atoms with Gasteiger partial charge in [0.15, 0.2) is 11.6 Å². The van der Waals surface area contributed by atoms with Crippen molar-refractivity contribution < 1.29 is 18.3 Å². The van der Waals surface area contributed by atoms with Crippen LogP contribution in [-0.4, -0.2) is 36.0 Å². The molecule has 1 saturated carbocycles. The van der Waals surface area contributed by atoms with Crippen LogP contribution in [0.3, 0.4) is 0 Å². The van der Waals surface area contributed by atoms with Gasteiger partial charge in [0.2, 0.25) is 0 Å². The smallest absolute Gasteiger partial charge is 0.255 e. The van der Waals surface area contributed by atoms with Gasteiger partial charge >= 0.3 is 0 Å². The quantitative estimate of drug-likeness (QED) is 0.863. The van der Waals surface area contributed by atoms with Crippen molar-refractivity contribution in [3.8, 4) is 5.75 Å². The Bertz CT molecular complexity index is 817. The first kappa shape index (κ1) is 17.0. The number of carbonyl (C=O) groups is 1. The largest absolute Gasteiger partial charge is 0.487 e. The molecule has 0 unspecified atom stereocenters. The highest BCUT2D eigenvalue weighted by Crippen LogP contribution is 2.25. The van der Waals surface area contributed by atoms with Crippen LogP contribution in [0.4, 0.5) is 8.78 Å². The van der Waals surface area contributed by atoms with E-state index in [1.807, 2.05) is 12.1 Å². The van der Waals surface area contributed by atoms with E-state index in [0.717, 1.165) is 24.5 Å². The molecular weight excluding hydrogens is 338 g/mol. The molecule has 2 aromatic rings. The lowest BCUT2D eigenvalue weighted by Crippen LogP contribution is -2.53. The minimum Gasteiger partial charge on any atom is -0.487 e. The minimum absolute atomic E-state index is 0.0184. The third kappa shape index (κ3) is 3.85. The first-order chi connectivity index (χ1) is 12.6. The Labute approximate surface area is 150 Å². The fourth-order valence-electron chi connectivity index (χ4n) is 3.05. The number of rotatable bonds is 6. The molecule has 1 heterocycles. The van der Waals surface area contributed by atoms with Crippen LogP contribution in [0.1, 0.15) is 28.8 Å². The Morgan fingerprint density at radius 1 is 1.12 bits per heavy atom. The van der Waals surface area contributed by atoms with E-state index >= 15 is 0 Å². The first-order valence-corrected chi connectivity index (χ1v) is 8.81. The van der Waals surface area contributed by atoms with Crippen LogP contribution >= 0.6 is 0 Å². The number of likely N-dealkylation sites (tertiary alicyclic amines) is 1. The fourth-order valence-corrected chi connectivity index (χ4v) is 3.05. The van der Waals surface area contributed by atoms with Gasteiger partial charge in [-0.05, 0) is 42.7 Å². The Hall–Kier alpha value is -2.47. The summed E-state index contributed by atoms with van der Waals surface area (Å²) in [6, 6.07) is 11.5. The third-order valence-corrected chi connectivity index (χ3v) is 4.65. The van der Waals surface area contributed by atoms with Crippen LogP contribution in [0.25, 0.3) is 0 Å². The number of carbonyl (C=O) groups excluding carboxylic acids is 1. The second kappa shape index (κ2) is 7.03. The van der Waals surface area contributed by atoms with E-state index in [1.54, 1.807) is 18.2 Å². The normalized spacial score (nSPS) is 17.6. The van der Waals surface area contributed by atoms with E-state index in [1.165, 1.54) is 6.07 Å². The second-order valence-electron chi connectivity index (χ2n) is 6.93. The lowest BCUT2D eigenvalue weighted by Gasteiger charge is -2.39. The summed E-state index contributed by atoms with van der Waals surface area (Å²) in [6.45, 7) is 1.90. The zero-order valence-electron chi connectivity index (χ0n) is 14.3. The molecular formula is C20H20F2N2O2. The number of para-hydroxylation sites is 1. The summed E-state index contributed by atoms with van der Waals surface area (Å²) in [5.41, 5.74) is 1.28. The lowest BCUT2D eigenvalue weighted by atomic mass is 10.1. The monoisotopic (exact) mass is 358 g/mol. The van der Waals surface area contributed by atoms with Gasteiger partial charge in [0.05, 0.1) is 5.56 Å². The molecule has 0 spiro atoms. The van der Waals surface area contributed by atoms with Crippen molar-refractivity contribution in [3.05, 3.63) is 65.2 Å². The SMILES string of the molecule is O=C(NC1CC1)c1ccccc1OC1CN(Cc2ccc(F)c(F)c2)C1. The predicted molar refractivity (Wildman–Crippen MR) is 93.0 cm³/mol. The van der Waals surface area contributed by atoms with E-state index < -0.39 is 11.6 Å². The maximum Gasteiger partial charge on any atom is 0.255 e. The van der Waals surface area contributed by atoms with Crippen LogP contribution in [-0.2, 0) is 6.54 Å². The van der Waals surface area contributed by atoms with Crippen molar-refractivity contribution >= 4 is 5.91 Å². The number of hydrogen-bond donors (Lipinski definition) is 1. The van der Waals surface area contributed by atoms with Gasteiger partial charge in [0, 0.05) is 25.7 Å². The fraction of sp³-hybridized carbons (Fsp3) is 0.350. The molecule has 0 aromatic heterocycles. The van der Waals surface area contributed by atoms with E-state index in [0.29, 0.717) is 37.0 Å². The summed E-state index contributed by atoms with van der Waals surface area (Å²) in [5, 5.41) is 2.98. The molecule has 4 rings (SSSR count). The molecule has 1 saturated heterocycles. The van der Waals surface area contributed by atoms with Crippen molar-refractivity contribution in [3.63, 3.8) is 0 Å². The maximum atomic E-state index is 13.3. The minimum atomic E-state index is -0.834. The Balaban J connectivity index is 1.32. The number of nitrogens with one attached hydrogen (secondary N) is 1. The average molecular weight is 358 g/mol. The van der Waals surface area contributed by atoms with Gasteiger partial charge in [-0.1, -0.05) is 18.2 Å². The highest BCUT2D eigenvalue weighted by molar-refractivity contribution is 5.97. The van der Waals surface area contributed by atoms with Crippen molar-refractivity contribution in [1.29, 1.82) is 0 Å². The molecule has 1 aliphatic heterocycles. The number of benzene rings is 2. The molecule has 1 N–H and O–H groups in total. The zero-order chi connectivity index (χ0) is 18.1. The number of ether oxygens (including phenoxy) is 1. The predicted octanol–water partition coefficient (Wildman–Crippen LogP) is 3.12. The molecule has 0 radical (unpaired) electrons. The summed E-state index contributed by atoms with van der Waals surface area (Å²) in [4.78, 5) is 14.4. The van der Waals surface area contributed by atoms with Crippen molar-refractivity contribution in [2.24, 2.45) is 0 Å². The zero-order valence-corrected chi connectivity index (χ0v) is 14.3. The Morgan fingerprint density at radius 3 is 2.62 bits per heavy atom. The Kier molecular flexibility index (Phi) is 4.59.